The van der Waals surface area contributed by atoms with Gasteiger partial charge in [0.05, 0.1) is 12.7 Å². The second kappa shape index (κ2) is 6.18. The van der Waals surface area contributed by atoms with Gasteiger partial charge in [0.2, 0.25) is 0 Å². The highest BCUT2D eigenvalue weighted by Gasteiger charge is 2.36. The minimum Gasteiger partial charge on any atom is -0.390 e. The van der Waals surface area contributed by atoms with E-state index in [1.807, 2.05) is 13.8 Å². The molecule has 0 aromatic carbocycles. The Hall–Kier alpha value is -0.380. The molecule has 2 atom stereocenters. The number of allylic oxidation sites excluding steroid dienone is 1. The number of ether oxygens (including phenoxy) is 2. The van der Waals surface area contributed by atoms with Crippen molar-refractivity contribution < 1.29 is 14.6 Å². The van der Waals surface area contributed by atoms with Crippen LogP contribution in [0.15, 0.2) is 12.2 Å². The van der Waals surface area contributed by atoms with Gasteiger partial charge in [-0.1, -0.05) is 31.4 Å². The Labute approximate surface area is 110 Å². The van der Waals surface area contributed by atoms with Gasteiger partial charge in [0.1, 0.15) is 6.10 Å². The van der Waals surface area contributed by atoms with Crippen molar-refractivity contribution in [2.24, 2.45) is 5.92 Å². The fourth-order valence-electron chi connectivity index (χ4n) is 2.79. The van der Waals surface area contributed by atoms with Gasteiger partial charge < -0.3 is 14.6 Å². The Bertz CT molecular complexity index is 279. The molecule has 2 aliphatic rings. The highest BCUT2D eigenvalue weighted by molar-refractivity contribution is 4.93. The molecule has 1 heterocycles. The van der Waals surface area contributed by atoms with E-state index in [0.717, 1.165) is 5.92 Å². The van der Waals surface area contributed by atoms with E-state index >= 15 is 0 Å². The minimum absolute atomic E-state index is 0.184. The van der Waals surface area contributed by atoms with Crippen LogP contribution in [0.3, 0.4) is 0 Å². The van der Waals surface area contributed by atoms with E-state index in [2.05, 4.69) is 12.2 Å². The zero-order chi connectivity index (χ0) is 13.0. The maximum Gasteiger partial charge on any atom is 0.163 e. The third-order valence-corrected chi connectivity index (χ3v) is 3.90. The summed E-state index contributed by atoms with van der Waals surface area (Å²) in [5, 5.41) is 10.1. The van der Waals surface area contributed by atoms with E-state index in [4.69, 9.17) is 9.47 Å². The molecule has 1 unspecified atom stereocenters. The molecule has 0 bridgehead atoms. The fraction of sp³-hybridized carbons (Fsp3) is 0.867. The van der Waals surface area contributed by atoms with Crippen molar-refractivity contribution in [2.75, 3.05) is 6.61 Å². The number of hydrogen-bond donors (Lipinski definition) is 1. The van der Waals surface area contributed by atoms with Crippen molar-refractivity contribution in [1.29, 1.82) is 0 Å². The van der Waals surface area contributed by atoms with Gasteiger partial charge in [0.25, 0.3) is 0 Å². The van der Waals surface area contributed by atoms with Gasteiger partial charge in [0.15, 0.2) is 5.79 Å². The summed E-state index contributed by atoms with van der Waals surface area (Å²) in [5.41, 5.74) is 0. The van der Waals surface area contributed by atoms with Crippen molar-refractivity contribution in [3.8, 4) is 0 Å². The summed E-state index contributed by atoms with van der Waals surface area (Å²) >= 11 is 0. The van der Waals surface area contributed by atoms with Gasteiger partial charge in [0, 0.05) is 0 Å². The monoisotopic (exact) mass is 254 g/mol. The quantitative estimate of drug-likeness (QED) is 0.784. The summed E-state index contributed by atoms with van der Waals surface area (Å²) in [5.74, 6) is 0.182. The minimum atomic E-state index is -0.543. The average Bonchev–Trinajstić information content (AvgIpc) is 2.71. The summed E-state index contributed by atoms with van der Waals surface area (Å²) in [7, 11) is 0. The molecule has 3 nitrogen and oxygen atoms in total. The lowest BCUT2D eigenvalue weighted by atomic mass is 9.89. The Morgan fingerprint density at radius 1 is 1.28 bits per heavy atom. The van der Waals surface area contributed by atoms with Crippen molar-refractivity contribution >= 4 is 0 Å². The van der Waals surface area contributed by atoms with Crippen molar-refractivity contribution in [1.82, 2.24) is 0 Å². The molecule has 0 aromatic rings. The normalized spacial score (nSPS) is 30.9. The summed E-state index contributed by atoms with van der Waals surface area (Å²) in [6.45, 7) is 4.26. The van der Waals surface area contributed by atoms with Crippen molar-refractivity contribution in [3.63, 3.8) is 0 Å². The van der Waals surface area contributed by atoms with E-state index in [-0.39, 0.29) is 6.10 Å². The molecule has 2 fully saturated rings. The van der Waals surface area contributed by atoms with Gasteiger partial charge in [-0.2, -0.15) is 0 Å². The van der Waals surface area contributed by atoms with Crippen LogP contribution in [0.2, 0.25) is 0 Å². The molecule has 1 aliphatic carbocycles. The first-order chi connectivity index (χ1) is 8.57. The molecule has 0 radical (unpaired) electrons. The lowest BCUT2D eigenvalue weighted by Gasteiger charge is -2.20. The molecule has 1 aliphatic heterocycles. The van der Waals surface area contributed by atoms with Gasteiger partial charge in [-0.05, 0) is 39.0 Å². The molecular weight excluding hydrogens is 228 g/mol. The van der Waals surface area contributed by atoms with E-state index in [1.54, 1.807) is 0 Å². The Balaban J connectivity index is 1.71. The molecule has 0 aromatic heterocycles. The Morgan fingerprint density at radius 3 is 2.61 bits per heavy atom. The van der Waals surface area contributed by atoms with Crippen LogP contribution in [0, 0.1) is 5.92 Å². The average molecular weight is 254 g/mol. The molecule has 3 heteroatoms. The maximum atomic E-state index is 10.1. The molecule has 0 spiro atoms. The van der Waals surface area contributed by atoms with Crippen LogP contribution in [0.4, 0.5) is 0 Å². The maximum absolute atomic E-state index is 10.1. The van der Waals surface area contributed by atoms with Crippen molar-refractivity contribution in [2.45, 2.75) is 70.4 Å². The largest absolute Gasteiger partial charge is 0.390 e. The van der Waals surface area contributed by atoms with E-state index < -0.39 is 11.9 Å². The fourth-order valence-corrected chi connectivity index (χ4v) is 2.79. The predicted molar refractivity (Wildman–Crippen MR) is 71.2 cm³/mol. The molecule has 1 saturated carbocycles. The zero-order valence-electron chi connectivity index (χ0n) is 11.6. The number of rotatable bonds is 4. The first-order valence-corrected chi connectivity index (χ1v) is 7.23. The summed E-state index contributed by atoms with van der Waals surface area (Å²) in [6, 6.07) is 0. The molecule has 2 rings (SSSR count). The lowest BCUT2D eigenvalue weighted by molar-refractivity contribution is -0.150. The second-order valence-electron chi connectivity index (χ2n) is 6.00. The highest BCUT2D eigenvalue weighted by atomic mass is 16.7. The Morgan fingerprint density at radius 2 is 2.00 bits per heavy atom. The molecule has 104 valence electrons. The van der Waals surface area contributed by atoms with Crippen LogP contribution in [-0.4, -0.2) is 29.7 Å². The van der Waals surface area contributed by atoms with Gasteiger partial charge >= 0.3 is 0 Å². The molecule has 1 saturated heterocycles. The second-order valence-corrected chi connectivity index (χ2v) is 6.00. The standard InChI is InChI=1S/C15H26O3/c1-15(2)17-11-14(18-15)13(16)10-6-9-12-7-4-3-5-8-12/h6,9,12-14,16H,3-5,7-8,10-11H2,1-2H3/b9-6+/t13?,14-/m1/s1. The van der Waals surface area contributed by atoms with Crippen LogP contribution in [0.25, 0.3) is 0 Å². The van der Waals surface area contributed by atoms with Crippen LogP contribution in [0.1, 0.15) is 52.4 Å². The van der Waals surface area contributed by atoms with Gasteiger partial charge in [-0.25, -0.2) is 0 Å². The number of aliphatic hydroxyl groups is 1. The third kappa shape index (κ3) is 4.08. The molecular formula is C15H26O3. The van der Waals surface area contributed by atoms with E-state index in [0.29, 0.717) is 13.0 Å². The number of aliphatic hydroxyl groups excluding tert-OH is 1. The SMILES string of the molecule is CC1(C)OC[C@H](C(O)C/C=C/C2CCCCC2)O1. The third-order valence-electron chi connectivity index (χ3n) is 3.90. The number of hydrogen-bond acceptors (Lipinski definition) is 3. The van der Waals surface area contributed by atoms with Crippen LogP contribution in [-0.2, 0) is 9.47 Å². The van der Waals surface area contributed by atoms with E-state index in [1.165, 1.54) is 32.1 Å². The summed E-state index contributed by atoms with van der Waals surface area (Å²) in [4.78, 5) is 0. The zero-order valence-corrected chi connectivity index (χ0v) is 11.6. The van der Waals surface area contributed by atoms with Gasteiger partial charge in [-0.3, -0.25) is 0 Å². The molecule has 0 amide bonds. The smallest absolute Gasteiger partial charge is 0.163 e. The van der Waals surface area contributed by atoms with Crippen molar-refractivity contribution in [3.05, 3.63) is 12.2 Å². The Kier molecular flexibility index (Phi) is 4.82. The van der Waals surface area contributed by atoms with E-state index in [9.17, 15) is 5.11 Å². The first-order valence-electron chi connectivity index (χ1n) is 7.23. The predicted octanol–water partition coefficient (Wildman–Crippen LogP) is 3.03. The summed E-state index contributed by atoms with van der Waals surface area (Å²) in [6.07, 6.45) is 11.1. The lowest BCUT2D eigenvalue weighted by Crippen LogP contribution is -2.30. The summed E-state index contributed by atoms with van der Waals surface area (Å²) < 4.78 is 11.1. The van der Waals surface area contributed by atoms with Crippen LogP contribution in [0.5, 0.6) is 0 Å². The molecule has 1 N–H and O–H groups in total. The first kappa shape index (κ1) is 14.0. The highest BCUT2D eigenvalue weighted by Crippen LogP contribution is 2.27. The molecule has 18 heavy (non-hydrogen) atoms. The van der Waals surface area contributed by atoms with Gasteiger partial charge in [-0.15, -0.1) is 0 Å². The topological polar surface area (TPSA) is 38.7 Å². The van der Waals surface area contributed by atoms with Crippen LogP contribution >= 0.6 is 0 Å². The van der Waals surface area contributed by atoms with Crippen LogP contribution < -0.4 is 0 Å².